The van der Waals surface area contributed by atoms with Crippen molar-refractivity contribution in [2.24, 2.45) is 5.92 Å². The van der Waals surface area contributed by atoms with Gasteiger partial charge in [0, 0.05) is 13.0 Å². The number of aliphatic hydroxyl groups excluding tert-OH is 1. The monoisotopic (exact) mass is 449 g/mol. The number of carbonyl (C=O) groups is 1. The lowest BCUT2D eigenvalue weighted by atomic mass is 9.87. The second-order valence-corrected chi connectivity index (χ2v) is 9.11. The molecule has 1 fully saturated rings. The third-order valence-corrected chi connectivity index (χ3v) is 6.14. The molecule has 3 atom stereocenters. The van der Waals surface area contributed by atoms with Crippen molar-refractivity contribution in [3.8, 4) is 0 Å². The Morgan fingerprint density at radius 1 is 0.903 bits per heavy atom. The van der Waals surface area contributed by atoms with Crippen molar-refractivity contribution in [3.05, 3.63) is 48.6 Å². The number of rotatable bonds is 16. The first-order chi connectivity index (χ1) is 15.1. The Balaban J connectivity index is 1.94. The summed E-state index contributed by atoms with van der Waals surface area (Å²) in [5.74, 6) is 0.511. The zero-order valence-corrected chi connectivity index (χ0v) is 20.2. The number of nitrogens with one attached hydrogen (secondary N) is 1. The molecule has 1 rings (SSSR count). The second-order valence-electron chi connectivity index (χ2n) is 8.55. The number of hydrogen-bond donors (Lipinski definition) is 2. The van der Waals surface area contributed by atoms with E-state index >= 15 is 0 Å². The lowest BCUT2D eigenvalue weighted by Crippen LogP contribution is -2.36. The van der Waals surface area contributed by atoms with E-state index in [9.17, 15) is 9.90 Å². The van der Waals surface area contributed by atoms with E-state index in [0.717, 1.165) is 51.4 Å². The van der Waals surface area contributed by atoms with Crippen LogP contribution in [0.15, 0.2) is 48.6 Å². The van der Waals surface area contributed by atoms with Crippen LogP contribution >= 0.6 is 11.6 Å². The Kier molecular flexibility index (Phi) is 17.3. The molecule has 176 valence electrons. The molecule has 0 aromatic heterocycles. The SMILES string of the molecule is CCCCC/C=C\C/C=C\C/C=C\C/C=C\CCCC(=O)NCC1CCC(O)C(Cl)C1. The van der Waals surface area contributed by atoms with Crippen LogP contribution in [0.25, 0.3) is 0 Å². The molecule has 0 heterocycles. The van der Waals surface area contributed by atoms with Gasteiger partial charge in [-0.15, -0.1) is 11.6 Å². The second kappa shape index (κ2) is 19.4. The fourth-order valence-electron chi connectivity index (χ4n) is 3.65. The molecule has 1 aliphatic carbocycles. The molecular weight excluding hydrogens is 406 g/mol. The number of aliphatic hydroxyl groups is 1. The Morgan fingerprint density at radius 2 is 1.48 bits per heavy atom. The van der Waals surface area contributed by atoms with Gasteiger partial charge >= 0.3 is 0 Å². The van der Waals surface area contributed by atoms with Crippen molar-refractivity contribution in [1.29, 1.82) is 0 Å². The summed E-state index contributed by atoms with van der Waals surface area (Å²) in [5.41, 5.74) is 0. The Morgan fingerprint density at radius 3 is 2.06 bits per heavy atom. The van der Waals surface area contributed by atoms with Gasteiger partial charge in [0.05, 0.1) is 11.5 Å². The summed E-state index contributed by atoms with van der Waals surface area (Å²) in [4.78, 5) is 12.0. The summed E-state index contributed by atoms with van der Waals surface area (Å²) in [6.45, 7) is 2.92. The van der Waals surface area contributed by atoms with Gasteiger partial charge in [-0.2, -0.15) is 0 Å². The van der Waals surface area contributed by atoms with Gasteiger partial charge in [0.1, 0.15) is 0 Å². The van der Waals surface area contributed by atoms with E-state index in [2.05, 4.69) is 60.8 Å². The topological polar surface area (TPSA) is 49.3 Å². The summed E-state index contributed by atoms with van der Waals surface area (Å²) in [6.07, 6.45) is 30.3. The molecule has 2 N–H and O–H groups in total. The van der Waals surface area contributed by atoms with Crippen LogP contribution in [-0.4, -0.2) is 29.0 Å². The molecule has 3 nitrogen and oxygen atoms in total. The molecule has 0 radical (unpaired) electrons. The van der Waals surface area contributed by atoms with Crippen LogP contribution < -0.4 is 5.32 Å². The van der Waals surface area contributed by atoms with Gasteiger partial charge in [0.2, 0.25) is 5.91 Å². The van der Waals surface area contributed by atoms with E-state index in [1.54, 1.807) is 0 Å². The smallest absolute Gasteiger partial charge is 0.220 e. The highest BCUT2D eigenvalue weighted by Gasteiger charge is 2.27. The number of amides is 1. The average Bonchev–Trinajstić information content (AvgIpc) is 2.76. The maximum absolute atomic E-state index is 12.0. The first-order valence-electron chi connectivity index (χ1n) is 12.3. The summed E-state index contributed by atoms with van der Waals surface area (Å²) in [5, 5.41) is 12.5. The fourth-order valence-corrected chi connectivity index (χ4v) is 4.03. The maximum atomic E-state index is 12.0. The zero-order chi connectivity index (χ0) is 22.6. The summed E-state index contributed by atoms with van der Waals surface area (Å²) >= 11 is 6.11. The average molecular weight is 450 g/mol. The lowest BCUT2D eigenvalue weighted by Gasteiger charge is -2.29. The van der Waals surface area contributed by atoms with Gasteiger partial charge in [-0.05, 0) is 70.1 Å². The highest BCUT2D eigenvalue weighted by molar-refractivity contribution is 6.21. The van der Waals surface area contributed by atoms with Crippen molar-refractivity contribution in [3.63, 3.8) is 0 Å². The number of unbranched alkanes of at least 4 members (excludes halogenated alkanes) is 4. The molecule has 1 aliphatic rings. The van der Waals surface area contributed by atoms with Crippen LogP contribution in [0.4, 0.5) is 0 Å². The number of halogens is 1. The largest absolute Gasteiger partial charge is 0.392 e. The Labute approximate surface area is 195 Å². The summed E-state index contributed by atoms with van der Waals surface area (Å²) in [6, 6.07) is 0. The molecule has 3 unspecified atom stereocenters. The molecule has 0 spiro atoms. The molecule has 31 heavy (non-hydrogen) atoms. The minimum absolute atomic E-state index is 0.119. The number of alkyl halides is 1. The lowest BCUT2D eigenvalue weighted by molar-refractivity contribution is -0.121. The van der Waals surface area contributed by atoms with Crippen LogP contribution in [0.2, 0.25) is 0 Å². The van der Waals surface area contributed by atoms with Gasteiger partial charge in [-0.3, -0.25) is 4.79 Å². The zero-order valence-electron chi connectivity index (χ0n) is 19.5. The molecule has 4 heteroatoms. The van der Waals surface area contributed by atoms with Crippen molar-refractivity contribution >= 4 is 17.5 Å². The van der Waals surface area contributed by atoms with Gasteiger partial charge in [-0.25, -0.2) is 0 Å². The van der Waals surface area contributed by atoms with Crippen molar-refractivity contribution in [1.82, 2.24) is 5.32 Å². The van der Waals surface area contributed by atoms with E-state index in [4.69, 9.17) is 11.6 Å². The van der Waals surface area contributed by atoms with Gasteiger partial charge in [0.25, 0.3) is 0 Å². The van der Waals surface area contributed by atoms with E-state index in [0.29, 0.717) is 18.9 Å². The van der Waals surface area contributed by atoms with Gasteiger partial charge in [-0.1, -0.05) is 68.4 Å². The van der Waals surface area contributed by atoms with Crippen LogP contribution in [-0.2, 0) is 4.79 Å². The number of hydrogen-bond acceptors (Lipinski definition) is 2. The molecule has 0 aliphatic heterocycles. The third kappa shape index (κ3) is 16.0. The van der Waals surface area contributed by atoms with E-state index < -0.39 is 0 Å². The minimum Gasteiger partial charge on any atom is -0.392 e. The Bertz CT molecular complexity index is 568. The van der Waals surface area contributed by atoms with Crippen LogP contribution in [0.5, 0.6) is 0 Å². The molecule has 1 saturated carbocycles. The predicted octanol–water partition coefficient (Wildman–Crippen LogP) is 7.02. The third-order valence-electron chi connectivity index (χ3n) is 5.67. The van der Waals surface area contributed by atoms with Crippen LogP contribution in [0, 0.1) is 5.92 Å². The first kappa shape index (κ1) is 27.7. The van der Waals surface area contributed by atoms with Gasteiger partial charge < -0.3 is 10.4 Å². The van der Waals surface area contributed by atoms with E-state index in [-0.39, 0.29) is 17.4 Å². The molecule has 0 aromatic rings. The first-order valence-corrected chi connectivity index (χ1v) is 12.8. The van der Waals surface area contributed by atoms with Crippen LogP contribution in [0.3, 0.4) is 0 Å². The molecular formula is C27H44ClNO2. The van der Waals surface area contributed by atoms with Crippen molar-refractivity contribution in [2.75, 3.05) is 6.54 Å². The van der Waals surface area contributed by atoms with Crippen LogP contribution in [0.1, 0.15) is 90.4 Å². The van der Waals surface area contributed by atoms with E-state index in [1.165, 1.54) is 25.7 Å². The molecule has 0 aromatic carbocycles. The quantitative estimate of drug-likeness (QED) is 0.151. The fraction of sp³-hybridized carbons (Fsp3) is 0.667. The standard InChI is InChI=1S/C27H44ClNO2/c1-2-3-4-5-6-7-8-9-10-11-12-13-14-15-16-17-18-19-27(31)29-23-24-20-21-26(30)25(28)22-24/h6-7,9-10,12-13,15-16,24-26,30H,2-5,8,11,14,17-23H2,1H3,(H,29,31)/b7-6-,10-9-,13-12-,16-15-. The van der Waals surface area contributed by atoms with Crippen molar-refractivity contribution < 1.29 is 9.90 Å². The summed E-state index contributed by atoms with van der Waals surface area (Å²) in [7, 11) is 0. The maximum Gasteiger partial charge on any atom is 0.220 e. The normalized spacial score (nSPS) is 22.4. The number of allylic oxidation sites excluding steroid dienone is 8. The van der Waals surface area contributed by atoms with Gasteiger partial charge in [0.15, 0.2) is 0 Å². The number of carbonyl (C=O) groups excluding carboxylic acids is 1. The predicted molar refractivity (Wildman–Crippen MR) is 134 cm³/mol. The van der Waals surface area contributed by atoms with Crippen molar-refractivity contribution in [2.45, 2.75) is 102 Å². The highest BCUT2D eigenvalue weighted by atomic mass is 35.5. The molecule has 0 saturated heterocycles. The molecule has 1 amide bonds. The highest BCUT2D eigenvalue weighted by Crippen LogP contribution is 2.27. The summed E-state index contributed by atoms with van der Waals surface area (Å²) < 4.78 is 0. The van der Waals surface area contributed by atoms with E-state index in [1.807, 2.05) is 0 Å². The molecule has 0 bridgehead atoms. The minimum atomic E-state index is -0.390. The Hall–Kier alpha value is -1.32.